The smallest absolute Gasteiger partial charge is 0.229 e. The van der Waals surface area contributed by atoms with E-state index in [9.17, 15) is 4.57 Å². The van der Waals surface area contributed by atoms with Gasteiger partial charge in [-0.2, -0.15) is 4.98 Å². The molecule has 46 heavy (non-hydrogen) atoms. The van der Waals surface area contributed by atoms with Gasteiger partial charge in [0.05, 0.1) is 28.5 Å². The van der Waals surface area contributed by atoms with Crippen LogP contribution in [0, 0.1) is 5.41 Å². The predicted molar refractivity (Wildman–Crippen MR) is 193 cm³/mol. The van der Waals surface area contributed by atoms with Gasteiger partial charge in [-0.25, -0.2) is 15.0 Å². The van der Waals surface area contributed by atoms with Crippen molar-refractivity contribution in [3.63, 3.8) is 0 Å². The number of hydrogen-bond acceptors (Lipinski definition) is 10. The molecule has 4 heterocycles. The third kappa shape index (κ3) is 6.73. The first-order valence-electron chi connectivity index (χ1n) is 16.2. The average molecular weight is 708 g/mol. The topological polar surface area (TPSA) is 117 Å². The second kappa shape index (κ2) is 13.5. The van der Waals surface area contributed by atoms with Crippen LogP contribution in [-0.2, 0) is 17.4 Å². The van der Waals surface area contributed by atoms with E-state index < -0.39 is 7.14 Å². The maximum Gasteiger partial charge on any atom is 0.229 e. The van der Waals surface area contributed by atoms with Gasteiger partial charge in [-0.3, -0.25) is 0 Å². The number of ether oxygens (including phenoxy) is 1. The highest BCUT2D eigenvalue weighted by Crippen LogP contribution is 2.44. The molecule has 2 aromatic heterocycles. The predicted octanol–water partition coefficient (Wildman–Crippen LogP) is 7.02. The molecule has 0 amide bonds. The molecule has 6 rings (SSSR count). The zero-order chi connectivity index (χ0) is 32.5. The second-order valence-corrected chi connectivity index (χ2v) is 16.8. The molecule has 2 fully saturated rings. The van der Waals surface area contributed by atoms with Crippen LogP contribution < -0.4 is 30.9 Å². The van der Waals surface area contributed by atoms with Crippen molar-refractivity contribution in [2.75, 3.05) is 62.2 Å². The van der Waals surface area contributed by atoms with Crippen molar-refractivity contribution in [3.05, 3.63) is 52.5 Å². The Bertz CT molecular complexity index is 1780. The van der Waals surface area contributed by atoms with E-state index in [1.54, 1.807) is 32.8 Å². The summed E-state index contributed by atoms with van der Waals surface area (Å²) in [4.78, 5) is 21.0. The highest BCUT2D eigenvalue weighted by molar-refractivity contribution is 9.10. The Morgan fingerprint density at radius 3 is 2.41 bits per heavy atom. The van der Waals surface area contributed by atoms with Crippen molar-refractivity contribution < 1.29 is 9.30 Å². The zero-order valence-electron chi connectivity index (χ0n) is 27.4. The lowest BCUT2D eigenvalue weighted by Crippen LogP contribution is -2.45. The molecule has 0 unspecified atom stereocenters. The fourth-order valence-corrected chi connectivity index (χ4v) is 8.63. The van der Waals surface area contributed by atoms with Gasteiger partial charge >= 0.3 is 0 Å². The van der Waals surface area contributed by atoms with Gasteiger partial charge in [0.25, 0.3) is 0 Å². The molecule has 0 aliphatic carbocycles. The number of nitrogens with one attached hydrogen (secondary N) is 3. The van der Waals surface area contributed by atoms with Gasteiger partial charge in [0.2, 0.25) is 5.95 Å². The number of fused-ring (bicyclic) bond motifs is 1. The first-order valence-corrected chi connectivity index (χ1v) is 19.6. The molecule has 3 N–H and O–H groups in total. The van der Waals surface area contributed by atoms with E-state index in [1.807, 2.05) is 19.1 Å². The molecule has 4 aromatic rings. The number of aromatic nitrogens is 4. The lowest BCUT2D eigenvalue weighted by atomic mass is 9.71. The summed E-state index contributed by atoms with van der Waals surface area (Å²) in [6.07, 6.45) is 10.2. The normalized spacial score (nSPS) is 16.5. The van der Waals surface area contributed by atoms with Gasteiger partial charge in [-0.1, -0.05) is 13.8 Å². The Balaban J connectivity index is 1.27. The van der Waals surface area contributed by atoms with E-state index in [-0.39, 0.29) is 0 Å². The van der Waals surface area contributed by atoms with Crippen molar-refractivity contribution in [1.82, 2.24) is 25.3 Å². The third-order valence-corrected chi connectivity index (χ3v) is 11.6. The highest BCUT2D eigenvalue weighted by atomic mass is 79.9. The van der Waals surface area contributed by atoms with E-state index in [4.69, 9.17) is 9.72 Å². The monoisotopic (exact) mass is 706 g/mol. The van der Waals surface area contributed by atoms with E-state index in [2.05, 4.69) is 70.8 Å². The van der Waals surface area contributed by atoms with Gasteiger partial charge in [-0.15, -0.1) is 0 Å². The highest BCUT2D eigenvalue weighted by Gasteiger charge is 2.36. The first-order chi connectivity index (χ1) is 22.1. The largest absolute Gasteiger partial charge is 0.494 e. The number of methoxy groups -OCH3 is 1. The van der Waals surface area contributed by atoms with Gasteiger partial charge in [0.15, 0.2) is 0 Å². The maximum absolute atomic E-state index is 13.6. The van der Waals surface area contributed by atoms with Crippen LogP contribution in [0.5, 0.6) is 5.75 Å². The fraction of sp³-hybridized carbons (Fsp3) is 0.471. The summed E-state index contributed by atoms with van der Waals surface area (Å²) >= 11 is 3.61. The number of nitrogens with zero attached hydrogens (tertiary/aromatic N) is 5. The Labute approximate surface area is 280 Å². The van der Waals surface area contributed by atoms with Crippen molar-refractivity contribution >= 4 is 68.1 Å². The molecule has 0 radical (unpaired) electrons. The molecule has 1 spiro atoms. The summed E-state index contributed by atoms with van der Waals surface area (Å²) in [5.74, 6) is 2.46. The Morgan fingerprint density at radius 1 is 0.978 bits per heavy atom. The minimum Gasteiger partial charge on any atom is -0.494 e. The number of halogens is 1. The molecular weight excluding hydrogens is 663 g/mol. The Morgan fingerprint density at radius 2 is 1.74 bits per heavy atom. The molecular formula is C34H44BrN8O2P. The molecule has 0 saturated carbocycles. The van der Waals surface area contributed by atoms with Crippen molar-refractivity contribution in [1.29, 1.82) is 0 Å². The molecule has 10 nitrogen and oxygen atoms in total. The molecule has 2 aliphatic rings. The van der Waals surface area contributed by atoms with Crippen molar-refractivity contribution in [3.8, 4) is 5.75 Å². The van der Waals surface area contributed by atoms with E-state index in [1.165, 1.54) is 36.9 Å². The molecule has 2 aromatic carbocycles. The van der Waals surface area contributed by atoms with Crippen molar-refractivity contribution in [2.24, 2.45) is 5.41 Å². The molecule has 0 atom stereocenters. The zero-order valence-corrected chi connectivity index (χ0v) is 29.9. The van der Waals surface area contributed by atoms with Crippen LogP contribution in [0.1, 0.15) is 50.9 Å². The Hall–Kier alpha value is -3.27. The minimum absolute atomic E-state index is 0.416. The summed E-state index contributed by atoms with van der Waals surface area (Å²) in [5, 5.41) is 11.8. The average Bonchev–Trinajstić information content (AvgIpc) is 3.06. The number of rotatable bonds is 9. The SMILES string of the molecule is CCc1ncc2c(P(C)(C)=O)c(Nc3nc(Nc4cc(CC)c(N5CCC6(CCNCC6)CC5)cc4OC)ncc3Br)ccc2n1. The lowest BCUT2D eigenvalue weighted by Gasteiger charge is -2.45. The molecule has 2 saturated heterocycles. The second-order valence-electron chi connectivity index (χ2n) is 12.8. The quantitative estimate of drug-likeness (QED) is 0.157. The number of hydrogen-bond donors (Lipinski definition) is 3. The number of piperidine rings is 2. The van der Waals surface area contributed by atoms with Crippen LogP contribution in [0.3, 0.4) is 0 Å². The maximum atomic E-state index is 13.6. The summed E-state index contributed by atoms with van der Waals surface area (Å²) in [6, 6.07) is 8.17. The van der Waals surface area contributed by atoms with Crippen molar-refractivity contribution in [2.45, 2.75) is 52.4 Å². The summed E-state index contributed by atoms with van der Waals surface area (Å²) in [7, 11) is -1.03. The standard InChI is InChI=1S/C34H44BrN8O2P/c1-6-22-18-27(29(45-3)19-28(22)43-16-12-34(13-17-43)10-14-36-15-11-34)41-33-38-21-24(35)32(42-33)40-26-9-8-25-23(31(26)46(4,5)44)20-37-30(7-2)39-25/h8-9,18-21,36H,6-7,10-17H2,1-5H3,(H2,38,40,41,42). The third-order valence-electron chi connectivity index (χ3n) is 9.50. The number of aryl methyl sites for hydroxylation is 2. The summed E-state index contributed by atoms with van der Waals surface area (Å²) < 4.78 is 20.1. The molecule has 12 heteroatoms. The van der Waals surface area contributed by atoms with Crippen LogP contribution in [-0.4, -0.2) is 66.6 Å². The number of anilines is 5. The number of benzene rings is 2. The molecule has 244 valence electrons. The van der Waals surface area contributed by atoms with Gasteiger partial charge in [0, 0.05) is 54.3 Å². The first kappa shape index (κ1) is 32.7. The summed E-state index contributed by atoms with van der Waals surface area (Å²) in [5.41, 5.74) is 5.28. The van der Waals surface area contributed by atoms with E-state index in [0.29, 0.717) is 32.6 Å². The lowest BCUT2D eigenvalue weighted by molar-refractivity contribution is 0.155. The van der Waals surface area contributed by atoms with Crippen LogP contribution >= 0.6 is 23.1 Å². The fourth-order valence-electron chi connectivity index (χ4n) is 6.88. The molecule has 2 aliphatic heterocycles. The van der Waals surface area contributed by atoms with Crippen LogP contribution in [0.2, 0.25) is 0 Å². The molecule has 0 bridgehead atoms. The van der Waals surface area contributed by atoms with Gasteiger partial charge in [0.1, 0.15) is 24.5 Å². The van der Waals surface area contributed by atoms with Gasteiger partial charge in [-0.05, 0) is 104 Å². The van der Waals surface area contributed by atoms with Crippen LogP contribution in [0.15, 0.2) is 41.1 Å². The van der Waals surface area contributed by atoms with Crippen LogP contribution in [0.25, 0.3) is 10.9 Å². The Kier molecular flexibility index (Phi) is 9.55. The van der Waals surface area contributed by atoms with Gasteiger partial charge < -0.3 is 30.2 Å². The van der Waals surface area contributed by atoms with Crippen LogP contribution in [0.4, 0.5) is 28.8 Å². The summed E-state index contributed by atoms with van der Waals surface area (Å²) in [6.45, 7) is 12.2. The van der Waals surface area contributed by atoms with E-state index >= 15 is 0 Å². The van der Waals surface area contributed by atoms with E-state index in [0.717, 1.165) is 67.2 Å². The minimum atomic E-state index is -2.73.